The summed E-state index contributed by atoms with van der Waals surface area (Å²) < 4.78 is 5.01. The highest BCUT2D eigenvalue weighted by Crippen LogP contribution is 2.13. The molecule has 0 unspecified atom stereocenters. The number of esters is 1. The van der Waals surface area contributed by atoms with Crippen LogP contribution in [-0.4, -0.2) is 30.0 Å². The summed E-state index contributed by atoms with van der Waals surface area (Å²) in [7, 11) is 0. The largest absolute Gasteiger partial charge is 0.451 e. The number of para-hydroxylation sites is 1. The Hall–Kier alpha value is -3.41. The molecule has 6 nitrogen and oxygen atoms in total. The highest BCUT2D eigenvalue weighted by molar-refractivity contribution is 5.92. The van der Waals surface area contributed by atoms with Crippen molar-refractivity contribution in [1.82, 2.24) is 10.3 Å². The van der Waals surface area contributed by atoms with Gasteiger partial charge in [0, 0.05) is 23.5 Å². The molecule has 0 saturated carbocycles. The third kappa shape index (κ3) is 4.61. The number of aromatic amines is 1. The van der Waals surface area contributed by atoms with Crippen LogP contribution in [0.2, 0.25) is 0 Å². The molecule has 0 aliphatic rings. The van der Waals surface area contributed by atoms with Crippen molar-refractivity contribution in [3.05, 3.63) is 82.1 Å². The molecule has 0 radical (unpaired) electrons. The summed E-state index contributed by atoms with van der Waals surface area (Å²) >= 11 is 0. The molecular formula is C21H20N2O4. The quantitative estimate of drug-likeness (QED) is 0.658. The van der Waals surface area contributed by atoms with Crippen molar-refractivity contribution < 1.29 is 14.3 Å². The first-order valence-electron chi connectivity index (χ1n) is 8.65. The molecule has 0 aliphatic carbocycles. The van der Waals surface area contributed by atoms with Crippen molar-refractivity contribution in [1.29, 1.82) is 0 Å². The van der Waals surface area contributed by atoms with Gasteiger partial charge >= 0.3 is 5.97 Å². The highest BCUT2D eigenvalue weighted by atomic mass is 16.5. The van der Waals surface area contributed by atoms with E-state index in [9.17, 15) is 14.4 Å². The van der Waals surface area contributed by atoms with E-state index >= 15 is 0 Å². The summed E-state index contributed by atoms with van der Waals surface area (Å²) in [6.07, 6.45) is 0. The second kappa shape index (κ2) is 8.31. The van der Waals surface area contributed by atoms with Crippen LogP contribution in [-0.2, 0) is 9.53 Å². The number of hydrogen-bond donors (Lipinski definition) is 2. The van der Waals surface area contributed by atoms with E-state index in [-0.39, 0.29) is 17.0 Å². The van der Waals surface area contributed by atoms with E-state index in [1.165, 1.54) is 6.07 Å². The number of carbonyl (C=O) groups is 2. The van der Waals surface area contributed by atoms with Gasteiger partial charge in [0.1, 0.15) is 5.69 Å². The van der Waals surface area contributed by atoms with E-state index in [2.05, 4.69) is 10.3 Å². The highest BCUT2D eigenvalue weighted by Gasteiger charge is 2.14. The summed E-state index contributed by atoms with van der Waals surface area (Å²) in [5.74, 6) is -0.999. The van der Waals surface area contributed by atoms with Crippen LogP contribution >= 0.6 is 0 Å². The van der Waals surface area contributed by atoms with Crippen molar-refractivity contribution in [3.63, 3.8) is 0 Å². The van der Waals surface area contributed by atoms with Crippen LogP contribution in [0.25, 0.3) is 10.9 Å². The van der Waals surface area contributed by atoms with Crippen LogP contribution in [0, 0.1) is 0 Å². The molecule has 3 aromatic rings. The number of pyridine rings is 1. The fourth-order valence-electron chi connectivity index (χ4n) is 2.73. The second-order valence-corrected chi connectivity index (χ2v) is 6.28. The zero-order valence-electron chi connectivity index (χ0n) is 14.9. The zero-order valence-corrected chi connectivity index (χ0v) is 14.9. The van der Waals surface area contributed by atoms with Gasteiger partial charge in [-0.1, -0.05) is 49.4 Å². The molecule has 0 spiro atoms. The maximum absolute atomic E-state index is 12.1. The Balaban J connectivity index is 1.54. The van der Waals surface area contributed by atoms with Crippen LogP contribution in [0.1, 0.15) is 28.9 Å². The monoisotopic (exact) mass is 364 g/mol. The molecule has 3 rings (SSSR count). The molecule has 27 heavy (non-hydrogen) atoms. The number of rotatable bonds is 6. The van der Waals surface area contributed by atoms with Crippen LogP contribution in [0.3, 0.4) is 0 Å². The van der Waals surface area contributed by atoms with Gasteiger partial charge in [0.15, 0.2) is 12.0 Å². The Labute approximate surface area is 156 Å². The average Bonchev–Trinajstić information content (AvgIpc) is 2.70. The summed E-state index contributed by atoms with van der Waals surface area (Å²) in [4.78, 5) is 39.0. The van der Waals surface area contributed by atoms with E-state index in [4.69, 9.17) is 4.74 Å². The van der Waals surface area contributed by atoms with E-state index in [1.54, 1.807) is 24.3 Å². The van der Waals surface area contributed by atoms with Gasteiger partial charge in [-0.3, -0.25) is 9.59 Å². The lowest BCUT2D eigenvalue weighted by Crippen LogP contribution is -2.31. The van der Waals surface area contributed by atoms with E-state index in [1.807, 2.05) is 37.3 Å². The third-order valence-electron chi connectivity index (χ3n) is 4.27. The predicted molar refractivity (Wildman–Crippen MR) is 103 cm³/mol. The van der Waals surface area contributed by atoms with E-state index < -0.39 is 18.5 Å². The maximum Gasteiger partial charge on any atom is 0.355 e. The first-order chi connectivity index (χ1) is 13.0. The molecule has 0 aliphatic heterocycles. The summed E-state index contributed by atoms with van der Waals surface area (Å²) in [5, 5.41) is 3.23. The lowest BCUT2D eigenvalue weighted by atomic mass is 10.0. The Morgan fingerprint density at radius 2 is 1.78 bits per heavy atom. The number of carbonyl (C=O) groups excluding carboxylic acids is 2. The number of amides is 1. The molecule has 6 heteroatoms. The van der Waals surface area contributed by atoms with Gasteiger partial charge in [-0.05, 0) is 23.6 Å². The van der Waals surface area contributed by atoms with Crippen molar-refractivity contribution >= 4 is 22.8 Å². The summed E-state index contributed by atoms with van der Waals surface area (Å²) in [6.45, 7) is 2.03. The van der Waals surface area contributed by atoms with E-state index in [0.717, 1.165) is 5.56 Å². The number of nitrogens with one attached hydrogen (secondary N) is 2. The minimum Gasteiger partial charge on any atom is -0.451 e. The van der Waals surface area contributed by atoms with Gasteiger partial charge in [-0.15, -0.1) is 0 Å². The molecule has 2 aromatic carbocycles. The lowest BCUT2D eigenvalue weighted by molar-refractivity contribution is -0.124. The Morgan fingerprint density at radius 3 is 2.56 bits per heavy atom. The number of hydrogen-bond acceptors (Lipinski definition) is 4. The standard InChI is InChI=1S/C21H20N2O4/c1-14(15-7-3-2-4-8-15)12-22-20(25)13-27-21(26)18-11-19(24)16-9-5-6-10-17(16)23-18/h2-11,14H,12-13H2,1H3,(H,22,25)(H,23,24)/t14-/m1/s1. The Bertz CT molecular complexity index is 1010. The molecule has 0 bridgehead atoms. The van der Waals surface area contributed by atoms with Gasteiger partial charge in [-0.2, -0.15) is 0 Å². The molecular weight excluding hydrogens is 344 g/mol. The molecule has 2 N–H and O–H groups in total. The molecule has 0 fully saturated rings. The van der Waals surface area contributed by atoms with Gasteiger partial charge in [0.25, 0.3) is 5.91 Å². The summed E-state index contributed by atoms with van der Waals surface area (Å²) in [6, 6.07) is 17.9. The molecule has 1 atom stereocenters. The Kier molecular flexibility index (Phi) is 5.66. The molecule has 1 heterocycles. The van der Waals surface area contributed by atoms with Crippen LogP contribution in [0.5, 0.6) is 0 Å². The van der Waals surface area contributed by atoms with E-state index in [0.29, 0.717) is 17.4 Å². The number of ether oxygens (including phenoxy) is 1. The first kappa shape index (κ1) is 18.4. The topological polar surface area (TPSA) is 88.3 Å². The molecule has 0 saturated heterocycles. The predicted octanol–water partition coefficient (Wildman–Crippen LogP) is 2.60. The van der Waals surface area contributed by atoms with Crippen molar-refractivity contribution in [2.24, 2.45) is 0 Å². The minimum atomic E-state index is -0.746. The van der Waals surface area contributed by atoms with Crippen molar-refractivity contribution in [3.8, 4) is 0 Å². The fraction of sp³-hybridized carbons (Fsp3) is 0.190. The maximum atomic E-state index is 12.1. The molecule has 1 aromatic heterocycles. The fourth-order valence-corrected chi connectivity index (χ4v) is 2.73. The second-order valence-electron chi connectivity index (χ2n) is 6.28. The van der Waals surface area contributed by atoms with Crippen molar-refractivity contribution in [2.45, 2.75) is 12.8 Å². The smallest absolute Gasteiger partial charge is 0.355 e. The van der Waals surface area contributed by atoms with Gasteiger partial charge in [-0.25, -0.2) is 4.79 Å². The minimum absolute atomic E-state index is 0.0177. The average molecular weight is 364 g/mol. The zero-order chi connectivity index (χ0) is 19.2. The van der Waals surface area contributed by atoms with Crippen LogP contribution in [0.15, 0.2) is 65.5 Å². The van der Waals surface area contributed by atoms with Crippen molar-refractivity contribution in [2.75, 3.05) is 13.2 Å². The summed E-state index contributed by atoms with van der Waals surface area (Å²) in [5.41, 5.74) is 1.39. The normalized spacial score (nSPS) is 11.7. The molecule has 1 amide bonds. The van der Waals surface area contributed by atoms with Crippen LogP contribution in [0.4, 0.5) is 0 Å². The van der Waals surface area contributed by atoms with Gasteiger partial charge in [0.2, 0.25) is 0 Å². The number of aromatic nitrogens is 1. The lowest BCUT2D eigenvalue weighted by Gasteiger charge is -2.13. The van der Waals surface area contributed by atoms with Crippen LogP contribution < -0.4 is 10.7 Å². The third-order valence-corrected chi connectivity index (χ3v) is 4.27. The van der Waals surface area contributed by atoms with Gasteiger partial charge < -0.3 is 15.0 Å². The Morgan fingerprint density at radius 1 is 1.07 bits per heavy atom. The molecule has 138 valence electrons. The SMILES string of the molecule is C[C@H](CNC(=O)COC(=O)c1cc(=O)c2ccccc2[nH]1)c1ccccc1. The first-order valence-corrected chi connectivity index (χ1v) is 8.65. The number of benzene rings is 2. The van der Waals surface area contributed by atoms with Gasteiger partial charge in [0.05, 0.1) is 0 Å². The number of H-pyrrole nitrogens is 1. The number of fused-ring (bicyclic) bond motifs is 1.